The van der Waals surface area contributed by atoms with Gasteiger partial charge in [0, 0.05) is 55.2 Å². The molecule has 2 aromatic carbocycles. The number of benzene rings is 2. The summed E-state index contributed by atoms with van der Waals surface area (Å²) in [5, 5.41) is 11.5. The molecule has 2 aliphatic heterocycles. The molecule has 0 radical (unpaired) electrons. The lowest BCUT2D eigenvalue weighted by Crippen LogP contribution is -2.43. The van der Waals surface area contributed by atoms with Crippen LogP contribution in [0.4, 0.5) is 32.3 Å². The van der Waals surface area contributed by atoms with Crippen molar-refractivity contribution in [1.82, 2.24) is 19.8 Å². The summed E-state index contributed by atoms with van der Waals surface area (Å²) < 4.78 is 0. The minimum atomic E-state index is -1.08. The second-order valence-corrected chi connectivity index (χ2v) is 15.0. The normalized spacial score (nSPS) is 16.4. The highest BCUT2D eigenvalue weighted by Crippen LogP contribution is 2.38. The maximum atomic E-state index is 13.1. The number of urea groups is 2. The minimum Gasteiger partial charge on any atom is -0.398 e. The molecule has 0 spiro atoms. The van der Waals surface area contributed by atoms with Crippen molar-refractivity contribution in [1.29, 1.82) is 0 Å². The monoisotopic (exact) mass is 734 g/mol. The van der Waals surface area contributed by atoms with E-state index in [-0.39, 0.29) is 41.7 Å². The zero-order chi connectivity index (χ0) is 39.7. The fourth-order valence-electron chi connectivity index (χ4n) is 6.54. The average molecular weight is 735 g/mol. The van der Waals surface area contributed by atoms with Gasteiger partial charge in [0.1, 0.15) is 11.1 Å². The van der Waals surface area contributed by atoms with Gasteiger partial charge < -0.3 is 15.5 Å². The van der Waals surface area contributed by atoms with Crippen LogP contribution in [-0.2, 0) is 22.7 Å². The van der Waals surface area contributed by atoms with Gasteiger partial charge in [-0.1, -0.05) is 33.8 Å². The first kappa shape index (κ1) is 39.0. The number of anilines is 3. The van der Waals surface area contributed by atoms with Crippen LogP contribution < -0.4 is 15.5 Å². The Morgan fingerprint density at radius 1 is 0.648 bits per heavy atom. The molecule has 4 aromatic rings. The first-order chi connectivity index (χ1) is 25.4. The quantitative estimate of drug-likeness (QED) is 0.0795. The first-order valence-corrected chi connectivity index (χ1v) is 17.7. The minimum absolute atomic E-state index is 0.0564. The number of imide groups is 2. The molecule has 2 fully saturated rings. The third-order valence-corrected chi connectivity index (χ3v) is 9.87. The number of carbonyl (C=O) groups excluding carboxylic acids is 4. The van der Waals surface area contributed by atoms with Crippen LogP contribution in [0.2, 0.25) is 0 Å². The predicted octanol–water partition coefficient (Wildman–Crippen LogP) is 7.40. The zero-order valence-electron chi connectivity index (χ0n) is 31.8. The van der Waals surface area contributed by atoms with E-state index in [1.165, 1.54) is 15.9 Å². The number of nitro benzene ring substituents is 1. The SMILES string of the molecule is CC(C)c1ccc(N2C(=O)N(Cc3ccncc3)C(C)(C)C2=O)cc1N.CC(C)c1ccc(N2C(=O)N(Cc3ccncc3)C(C)(C)C2=O)cc1[N+](=O)[O-]. The van der Waals surface area contributed by atoms with Crippen molar-refractivity contribution in [2.24, 2.45) is 0 Å². The molecule has 0 bridgehead atoms. The second kappa shape index (κ2) is 15.0. The van der Waals surface area contributed by atoms with Crippen LogP contribution in [0, 0.1) is 10.1 Å². The van der Waals surface area contributed by atoms with E-state index >= 15 is 0 Å². The van der Waals surface area contributed by atoms with E-state index in [1.807, 2.05) is 32.0 Å². The number of nitrogens with zero attached hydrogens (tertiary/aromatic N) is 7. The van der Waals surface area contributed by atoms with Crippen LogP contribution in [0.5, 0.6) is 0 Å². The Kier molecular flexibility index (Phi) is 10.9. The van der Waals surface area contributed by atoms with Gasteiger partial charge in [0.25, 0.3) is 17.5 Å². The third kappa shape index (κ3) is 7.36. The summed E-state index contributed by atoms with van der Waals surface area (Å²) in [7, 11) is 0. The van der Waals surface area contributed by atoms with Gasteiger partial charge in [0.2, 0.25) is 0 Å². The summed E-state index contributed by atoms with van der Waals surface area (Å²) in [6.07, 6.45) is 6.59. The van der Waals surface area contributed by atoms with Gasteiger partial charge >= 0.3 is 12.1 Å². The highest BCUT2D eigenvalue weighted by Gasteiger charge is 2.53. The molecule has 0 unspecified atom stereocenters. The molecule has 14 nitrogen and oxygen atoms in total. The molecule has 0 saturated carbocycles. The van der Waals surface area contributed by atoms with E-state index in [1.54, 1.807) is 93.8 Å². The van der Waals surface area contributed by atoms with E-state index in [9.17, 15) is 29.3 Å². The zero-order valence-corrected chi connectivity index (χ0v) is 31.8. The summed E-state index contributed by atoms with van der Waals surface area (Å²) >= 11 is 0. The highest BCUT2D eigenvalue weighted by molar-refractivity contribution is 6.23. The standard InChI is InChI=1S/C20H22N4O4.C20H24N4O2/c1-13(2)16-6-5-15(11-17(16)24(27)28)23-18(25)20(3,4)22(19(23)26)12-14-7-9-21-10-8-14;1-13(2)16-6-5-15(11-17(16)21)24-18(25)20(3,4)23(19(24)26)12-14-7-9-22-10-8-14/h5-11,13H,12H2,1-4H3;5-11,13H,12,21H2,1-4H3. The Morgan fingerprint density at radius 2 is 1.04 bits per heavy atom. The molecule has 14 heteroatoms. The van der Waals surface area contributed by atoms with Crippen LogP contribution in [-0.4, -0.2) is 59.6 Å². The van der Waals surface area contributed by atoms with Crippen LogP contribution in [0.15, 0.2) is 85.5 Å². The Hall–Kier alpha value is -6.18. The van der Waals surface area contributed by atoms with Crippen molar-refractivity contribution >= 4 is 46.6 Å². The summed E-state index contributed by atoms with van der Waals surface area (Å²) in [4.78, 5) is 76.4. The van der Waals surface area contributed by atoms with Crippen molar-refractivity contribution in [2.75, 3.05) is 15.5 Å². The summed E-state index contributed by atoms with van der Waals surface area (Å²) in [5.41, 5.74) is 8.64. The molecule has 6 amide bonds. The number of hydrogen-bond donors (Lipinski definition) is 1. The van der Waals surface area contributed by atoms with E-state index in [4.69, 9.17) is 5.73 Å². The number of carbonyl (C=O) groups is 4. The number of hydrogen-bond acceptors (Lipinski definition) is 9. The fraction of sp³-hybridized carbons (Fsp3) is 0.350. The van der Waals surface area contributed by atoms with Gasteiger partial charge in [0.05, 0.1) is 16.3 Å². The maximum absolute atomic E-state index is 13.1. The summed E-state index contributed by atoms with van der Waals surface area (Å²) in [5.74, 6) is -0.459. The number of amides is 6. The van der Waals surface area contributed by atoms with Gasteiger partial charge in [-0.05, 0) is 105 Å². The largest absolute Gasteiger partial charge is 0.398 e. The molecule has 2 saturated heterocycles. The van der Waals surface area contributed by atoms with Crippen molar-refractivity contribution in [2.45, 2.75) is 91.4 Å². The van der Waals surface area contributed by atoms with Gasteiger partial charge in [0.15, 0.2) is 0 Å². The van der Waals surface area contributed by atoms with Crippen LogP contribution in [0.25, 0.3) is 0 Å². The number of pyridine rings is 2. The molecule has 0 atom stereocenters. The second-order valence-electron chi connectivity index (χ2n) is 15.0. The number of rotatable bonds is 9. The van der Waals surface area contributed by atoms with Crippen molar-refractivity contribution < 1.29 is 24.1 Å². The maximum Gasteiger partial charge on any atom is 0.332 e. The summed E-state index contributed by atoms with van der Waals surface area (Å²) in [6, 6.07) is 16.3. The van der Waals surface area contributed by atoms with Crippen LogP contribution in [0.3, 0.4) is 0 Å². The van der Waals surface area contributed by atoms with Gasteiger partial charge in [-0.15, -0.1) is 0 Å². The molecule has 2 aromatic heterocycles. The molecule has 54 heavy (non-hydrogen) atoms. The summed E-state index contributed by atoms with van der Waals surface area (Å²) in [6.45, 7) is 15.3. The molecule has 2 N–H and O–H groups in total. The van der Waals surface area contributed by atoms with Crippen LogP contribution >= 0.6 is 0 Å². The van der Waals surface area contributed by atoms with Crippen molar-refractivity contribution in [3.63, 3.8) is 0 Å². The fourth-order valence-corrected chi connectivity index (χ4v) is 6.54. The van der Waals surface area contributed by atoms with E-state index in [0.29, 0.717) is 23.5 Å². The lowest BCUT2D eigenvalue weighted by Gasteiger charge is -2.27. The van der Waals surface area contributed by atoms with Crippen LogP contribution in [0.1, 0.15) is 89.5 Å². The third-order valence-electron chi connectivity index (χ3n) is 9.87. The lowest BCUT2D eigenvalue weighted by atomic mass is 10.00. The first-order valence-electron chi connectivity index (χ1n) is 17.7. The van der Waals surface area contributed by atoms with Gasteiger partial charge in [-0.2, -0.15) is 0 Å². The molecular weight excluding hydrogens is 688 g/mol. The number of nitro groups is 1. The Bertz CT molecular complexity index is 2080. The Balaban J connectivity index is 0.000000208. The smallest absolute Gasteiger partial charge is 0.332 e. The molecule has 282 valence electrons. The highest BCUT2D eigenvalue weighted by atomic mass is 16.6. The van der Waals surface area contributed by atoms with Gasteiger partial charge in [-0.3, -0.25) is 29.7 Å². The molecule has 4 heterocycles. The Morgan fingerprint density at radius 3 is 1.41 bits per heavy atom. The van der Waals surface area contributed by atoms with E-state index in [2.05, 4.69) is 23.8 Å². The predicted molar refractivity (Wildman–Crippen MR) is 206 cm³/mol. The molecule has 0 aliphatic carbocycles. The number of nitrogen functional groups attached to an aromatic ring is 1. The molecule has 6 rings (SSSR count). The topological polar surface area (TPSA) is 176 Å². The molecule has 2 aliphatic rings. The van der Waals surface area contributed by atoms with Crippen molar-refractivity contribution in [3.05, 3.63) is 118 Å². The van der Waals surface area contributed by atoms with E-state index in [0.717, 1.165) is 21.6 Å². The molecular formula is C40H46N8O6. The Labute approximate surface area is 314 Å². The van der Waals surface area contributed by atoms with Crippen molar-refractivity contribution in [3.8, 4) is 0 Å². The number of nitrogens with two attached hydrogens (primary N) is 1. The number of aromatic nitrogens is 2. The van der Waals surface area contributed by atoms with E-state index < -0.39 is 27.9 Å². The van der Waals surface area contributed by atoms with Gasteiger partial charge in [-0.25, -0.2) is 19.4 Å². The lowest BCUT2D eigenvalue weighted by molar-refractivity contribution is -0.385. The average Bonchev–Trinajstić information content (AvgIpc) is 3.40.